The summed E-state index contributed by atoms with van der Waals surface area (Å²) in [5.74, 6) is 0. The van der Waals surface area contributed by atoms with Gasteiger partial charge in [-0.25, -0.2) is 0 Å². The Morgan fingerprint density at radius 3 is 1.81 bits per heavy atom. The van der Waals surface area contributed by atoms with E-state index < -0.39 is 0 Å². The number of fused-ring (bicyclic) bond motifs is 1. The van der Waals surface area contributed by atoms with E-state index in [0.717, 1.165) is 5.56 Å². The largest absolute Gasteiger partial charge is 0.463 e. The molecular weight excluding hydrogens is 338 g/mol. The summed E-state index contributed by atoms with van der Waals surface area (Å²) >= 11 is 0. The van der Waals surface area contributed by atoms with Gasteiger partial charge in [-0.05, 0) is 28.8 Å². The summed E-state index contributed by atoms with van der Waals surface area (Å²) in [5, 5.41) is 7.22. The van der Waals surface area contributed by atoms with Crippen LogP contribution < -0.4 is 5.53 Å². The fourth-order valence-corrected chi connectivity index (χ4v) is 2.12. The van der Waals surface area contributed by atoms with Gasteiger partial charge in [-0.15, -0.1) is 0 Å². The molecule has 5 heteroatoms. The second-order valence-electron chi connectivity index (χ2n) is 5.28. The van der Waals surface area contributed by atoms with Crippen molar-refractivity contribution in [3.63, 3.8) is 0 Å². The van der Waals surface area contributed by atoms with Gasteiger partial charge in [0.25, 0.3) is 6.47 Å². The molecule has 0 radical (unpaired) electrons. The van der Waals surface area contributed by atoms with Crippen molar-refractivity contribution in [3.8, 4) is 11.1 Å². The molecule has 0 amide bonds. The SMILES string of the molecule is C1=CC=NNN=C1.O=COCc1ccccc1.c1ccc2cccc-2cc1. The first kappa shape index (κ1) is 19.6. The van der Waals surface area contributed by atoms with Gasteiger partial charge in [-0.1, -0.05) is 78.9 Å². The lowest BCUT2D eigenvalue weighted by Crippen LogP contribution is -1.90. The highest BCUT2D eigenvalue weighted by Gasteiger charge is 1.94. The van der Waals surface area contributed by atoms with Crippen LogP contribution in [0.2, 0.25) is 0 Å². The third kappa shape index (κ3) is 8.27. The van der Waals surface area contributed by atoms with E-state index >= 15 is 0 Å². The summed E-state index contributed by atoms with van der Waals surface area (Å²) in [4.78, 5) is 9.76. The molecule has 1 aromatic rings. The molecule has 0 aromatic heterocycles. The number of hydrogen-bond acceptors (Lipinski definition) is 5. The van der Waals surface area contributed by atoms with Crippen molar-refractivity contribution in [1.82, 2.24) is 5.53 Å². The third-order valence-corrected chi connectivity index (χ3v) is 3.37. The van der Waals surface area contributed by atoms with Crippen LogP contribution in [0.25, 0.3) is 11.1 Å². The van der Waals surface area contributed by atoms with E-state index in [1.165, 1.54) is 11.1 Å². The van der Waals surface area contributed by atoms with Crippen molar-refractivity contribution >= 4 is 18.9 Å². The number of ether oxygens (including phenoxy) is 1. The molecule has 1 N–H and O–H groups in total. The van der Waals surface area contributed by atoms with Crippen molar-refractivity contribution in [3.05, 3.63) is 96.6 Å². The number of hydrogen-bond donors (Lipinski definition) is 1. The maximum absolute atomic E-state index is 9.76. The highest BCUT2D eigenvalue weighted by molar-refractivity contribution is 5.81. The smallest absolute Gasteiger partial charge is 0.293 e. The van der Waals surface area contributed by atoms with Crippen LogP contribution in [0.15, 0.2) is 101 Å². The molecule has 0 spiro atoms. The zero-order chi connectivity index (χ0) is 19.0. The lowest BCUT2D eigenvalue weighted by molar-refractivity contribution is -0.129. The molecule has 0 fully saturated rings. The summed E-state index contributed by atoms with van der Waals surface area (Å²) < 4.78 is 4.54. The summed E-state index contributed by atoms with van der Waals surface area (Å²) in [6, 6.07) is 26.3. The topological polar surface area (TPSA) is 63.0 Å². The molecule has 1 aliphatic heterocycles. The standard InChI is InChI=1S/C10H8.C8H8O2.C4H5N3/c1-2-5-9-7-4-8-10(9)6-3-1;9-7-10-6-8-4-2-1-3-5-8;1-2-4-6-7-5-3-1/h1-8H;1-5,7H,6H2;1-4,7H. The van der Waals surface area contributed by atoms with Gasteiger partial charge in [-0.2, -0.15) is 15.7 Å². The molecule has 1 heterocycles. The Hall–Kier alpha value is -3.73. The van der Waals surface area contributed by atoms with Crippen LogP contribution in [0.4, 0.5) is 0 Å². The monoisotopic (exact) mass is 359 g/mol. The van der Waals surface area contributed by atoms with Crippen LogP contribution in [0, 0.1) is 0 Å². The molecule has 5 nitrogen and oxygen atoms in total. The number of nitrogens with zero attached hydrogens (tertiary/aromatic N) is 2. The second kappa shape index (κ2) is 12.6. The molecule has 1 aromatic carbocycles. The predicted octanol–water partition coefficient (Wildman–Crippen LogP) is 4.27. The van der Waals surface area contributed by atoms with Gasteiger partial charge in [-0.3, -0.25) is 4.79 Å². The highest BCUT2D eigenvalue weighted by Crippen LogP contribution is 2.19. The number of allylic oxidation sites excluding steroid dienone is 2. The van der Waals surface area contributed by atoms with Gasteiger partial charge < -0.3 is 4.74 Å². The lowest BCUT2D eigenvalue weighted by Gasteiger charge is -1.95. The summed E-state index contributed by atoms with van der Waals surface area (Å²) in [6.07, 6.45) is 6.85. The molecule has 0 unspecified atom stereocenters. The summed E-state index contributed by atoms with van der Waals surface area (Å²) in [6.45, 7) is 0.817. The number of rotatable bonds is 3. The van der Waals surface area contributed by atoms with Gasteiger partial charge >= 0.3 is 0 Å². The molecule has 4 rings (SSSR count). The van der Waals surface area contributed by atoms with Gasteiger partial charge in [0.2, 0.25) is 0 Å². The van der Waals surface area contributed by atoms with Crippen molar-refractivity contribution in [1.29, 1.82) is 0 Å². The van der Waals surface area contributed by atoms with Gasteiger partial charge in [0.15, 0.2) is 0 Å². The summed E-state index contributed by atoms with van der Waals surface area (Å²) in [7, 11) is 0. The number of carbonyl (C=O) groups excluding carboxylic acids is 1. The van der Waals surface area contributed by atoms with Crippen molar-refractivity contribution in [2.45, 2.75) is 6.61 Å². The van der Waals surface area contributed by atoms with Crippen LogP contribution in [-0.2, 0) is 16.1 Å². The molecule has 0 bridgehead atoms. The lowest BCUT2D eigenvalue weighted by atomic mass is 10.2. The van der Waals surface area contributed by atoms with Crippen molar-refractivity contribution < 1.29 is 9.53 Å². The first-order chi connectivity index (χ1) is 13.4. The van der Waals surface area contributed by atoms with E-state index in [1.807, 2.05) is 36.4 Å². The van der Waals surface area contributed by atoms with Crippen LogP contribution in [0.3, 0.4) is 0 Å². The van der Waals surface area contributed by atoms with Crippen molar-refractivity contribution in [2.75, 3.05) is 0 Å². The Kier molecular flexibility index (Phi) is 9.15. The minimum atomic E-state index is 0.365. The summed E-state index contributed by atoms with van der Waals surface area (Å²) in [5.41, 5.74) is 6.05. The molecule has 0 saturated carbocycles. The number of nitrogens with one attached hydrogen (secondary N) is 1. The maximum Gasteiger partial charge on any atom is 0.293 e. The predicted molar refractivity (Wildman–Crippen MR) is 110 cm³/mol. The first-order valence-electron chi connectivity index (χ1n) is 8.39. The quantitative estimate of drug-likeness (QED) is 0.711. The highest BCUT2D eigenvalue weighted by atomic mass is 16.5. The van der Waals surface area contributed by atoms with Gasteiger partial charge in [0.1, 0.15) is 6.61 Å². The maximum atomic E-state index is 9.76. The number of carbonyl (C=O) groups is 1. The normalized spacial score (nSPS) is 11.1. The average Bonchev–Trinajstić information content (AvgIpc) is 2.92. The Balaban J connectivity index is 0.000000148. The van der Waals surface area contributed by atoms with Crippen molar-refractivity contribution in [2.24, 2.45) is 10.2 Å². The Morgan fingerprint density at radius 2 is 1.26 bits per heavy atom. The van der Waals surface area contributed by atoms with Crippen LogP contribution in [0.1, 0.15) is 5.56 Å². The number of benzene rings is 1. The minimum absolute atomic E-state index is 0.365. The average molecular weight is 359 g/mol. The first-order valence-corrected chi connectivity index (χ1v) is 8.39. The van der Waals surface area contributed by atoms with Gasteiger partial charge in [0.05, 0.1) is 0 Å². The van der Waals surface area contributed by atoms with E-state index in [4.69, 9.17) is 0 Å². The molecular formula is C22H21N3O2. The molecule has 3 aliphatic rings. The molecule has 0 saturated heterocycles. The van der Waals surface area contributed by atoms with Crippen LogP contribution in [-0.4, -0.2) is 18.9 Å². The fraction of sp³-hybridized carbons (Fsp3) is 0.0455. The number of hydrazone groups is 2. The minimum Gasteiger partial charge on any atom is -0.463 e. The fourth-order valence-electron chi connectivity index (χ4n) is 2.12. The van der Waals surface area contributed by atoms with Gasteiger partial charge in [0, 0.05) is 12.4 Å². The van der Waals surface area contributed by atoms with E-state index in [9.17, 15) is 4.79 Å². The zero-order valence-corrected chi connectivity index (χ0v) is 14.8. The zero-order valence-electron chi connectivity index (χ0n) is 14.8. The molecule has 2 aliphatic carbocycles. The molecule has 136 valence electrons. The second-order valence-corrected chi connectivity index (χ2v) is 5.28. The molecule has 0 atom stereocenters. The van der Waals surface area contributed by atoms with Crippen LogP contribution in [0.5, 0.6) is 0 Å². The third-order valence-electron chi connectivity index (χ3n) is 3.37. The van der Waals surface area contributed by atoms with E-state index in [-0.39, 0.29) is 0 Å². The van der Waals surface area contributed by atoms with E-state index in [2.05, 4.69) is 62.9 Å². The van der Waals surface area contributed by atoms with E-state index in [1.54, 1.807) is 24.6 Å². The Labute approximate surface area is 159 Å². The van der Waals surface area contributed by atoms with Crippen LogP contribution >= 0.6 is 0 Å². The Bertz CT molecular complexity index is 803. The van der Waals surface area contributed by atoms with E-state index in [0.29, 0.717) is 13.1 Å². The Morgan fingerprint density at radius 1 is 0.741 bits per heavy atom. The molecule has 27 heavy (non-hydrogen) atoms.